The number of anilines is 2. The molecule has 14 heavy (non-hydrogen) atoms. The van der Waals surface area contributed by atoms with Crippen LogP contribution in [0.15, 0.2) is 12.1 Å². The third-order valence-electron chi connectivity index (χ3n) is 1.52. The van der Waals surface area contributed by atoms with E-state index in [1.54, 1.807) is 0 Å². The van der Waals surface area contributed by atoms with E-state index in [1.165, 1.54) is 12.1 Å². The van der Waals surface area contributed by atoms with Gasteiger partial charge in [0.1, 0.15) is 5.82 Å². The van der Waals surface area contributed by atoms with E-state index in [4.69, 9.17) is 5.73 Å². The van der Waals surface area contributed by atoms with Gasteiger partial charge in [0, 0.05) is 12.1 Å². The SMILES string of the molecule is CC(C)Nc1nc(N)ccc1[N+](=O)[O-]. The van der Waals surface area contributed by atoms with E-state index < -0.39 is 4.92 Å². The first kappa shape index (κ1) is 10.2. The molecule has 1 rings (SSSR count). The standard InChI is InChI=1S/C8H12N4O2/c1-5(2)10-8-6(12(13)14)3-4-7(9)11-8/h3-5H,1-2H3,(H3,9,10,11). The number of nitrogen functional groups attached to an aromatic ring is 1. The molecule has 0 amide bonds. The molecule has 6 heteroatoms. The highest BCUT2D eigenvalue weighted by Gasteiger charge is 2.15. The Hall–Kier alpha value is -1.85. The number of nitro groups is 1. The van der Waals surface area contributed by atoms with Gasteiger partial charge < -0.3 is 11.1 Å². The van der Waals surface area contributed by atoms with Crippen LogP contribution < -0.4 is 11.1 Å². The molecule has 0 aliphatic heterocycles. The van der Waals surface area contributed by atoms with Gasteiger partial charge in [-0.3, -0.25) is 10.1 Å². The maximum absolute atomic E-state index is 10.6. The van der Waals surface area contributed by atoms with Crippen LogP contribution in [-0.2, 0) is 0 Å². The Labute approximate surface area is 81.3 Å². The Bertz CT molecular complexity index is 351. The number of nitrogens with one attached hydrogen (secondary N) is 1. The van der Waals surface area contributed by atoms with Gasteiger partial charge in [0.2, 0.25) is 5.82 Å². The van der Waals surface area contributed by atoms with Crippen LogP contribution in [0.1, 0.15) is 13.8 Å². The van der Waals surface area contributed by atoms with Crippen LogP contribution >= 0.6 is 0 Å². The van der Waals surface area contributed by atoms with Crippen molar-refractivity contribution >= 4 is 17.3 Å². The summed E-state index contributed by atoms with van der Waals surface area (Å²) < 4.78 is 0. The van der Waals surface area contributed by atoms with Gasteiger partial charge in [-0.1, -0.05) is 0 Å². The zero-order valence-corrected chi connectivity index (χ0v) is 8.02. The van der Waals surface area contributed by atoms with Crippen LogP contribution in [0, 0.1) is 10.1 Å². The second-order valence-corrected chi connectivity index (χ2v) is 3.16. The van der Waals surface area contributed by atoms with Gasteiger partial charge in [0.25, 0.3) is 0 Å². The molecular formula is C8H12N4O2. The van der Waals surface area contributed by atoms with E-state index in [-0.39, 0.29) is 23.4 Å². The Morgan fingerprint density at radius 3 is 2.71 bits per heavy atom. The lowest BCUT2D eigenvalue weighted by molar-refractivity contribution is -0.384. The largest absolute Gasteiger partial charge is 0.384 e. The first-order chi connectivity index (χ1) is 6.50. The average Bonchev–Trinajstić information content (AvgIpc) is 2.01. The summed E-state index contributed by atoms with van der Waals surface area (Å²) in [5.41, 5.74) is 5.37. The molecule has 0 saturated heterocycles. The summed E-state index contributed by atoms with van der Waals surface area (Å²) in [5, 5.41) is 13.5. The zero-order chi connectivity index (χ0) is 10.7. The predicted molar refractivity (Wildman–Crippen MR) is 54.1 cm³/mol. The van der Waals surface area contributed by atoms with Crippen LogP contribution in [0.5, 0.6) is 0 Å². The monoisotopic (exact) mass is 196 g/mol. The smallest absolute Gasteiger partial charge is 0.311 e. The first-order valence-electron chi connectivity index (χ1n) is 4.18. The maximum Gasteiger partial charge on any atom is 0.311 e. The normalized spacial score (nSPS) is 10.2. The van der Waals surface area contributed by atoms with E-state index >= 15 is 0 Å². The van der Waals surface area contributed by atoms with Crippen LogP contribution in [0.2, 0.25) is 0 Å². The zero-order valence-electron chi connectivity index (χ0n) is 8.02. The summed E-state index contributed by atoms with van der Waals surface area (Å²) in [6, 6.07) is 2.82. The topological polar surface area (TPSA) is 94.1 Å². The molecule has 0 saturated carbocycles. The quantitative estimate of drug-likeness (QED) is 0.562. The summed E-state index contributed by atoms with van der Waals surface area (Å²) in [5.74, 6) is 0.476. The third-order valence-corrected chi connectivity index (χ3v) is 1.52. The van der Waals surface area contributed by atoms with Gasteiger partial charge in [-0.15, -0.1) is 0 Å². The van der Waals surface area contributed by atoms with E-state index in [0.29, 0.717) is 0 Å². The van der Waals surface area contributed by atoms with E-state index in [9.17, 15) is 10.1 Å². The third kappa shape index (κ3) is 2.32. The van der Waals surface area contributed by atoms with E-state index in [1.807, 2.05) is 13.8 Å². The summed E-state index contributed by atoms with van der Waals surface area (Å²) in [6.45, 7) is 3.74. The van der Waals surface area contributed by atoms with Crippen molar-refractivity contribution in [3.8, 4) is 0 Å². The van der Waals surface area contributed by atoms with Gasteiger partial charge in [-0.2, -0.15) is 0 Å². The van der Waals surface area contributed by atoms with E-state index in [2.05, 4.69) is 10.3 Å². The van der Waals surface area contributed by atoms with Crippen LogP contribution in [0.3, 0.4) is 0 Å². The molecule has 6 nitrogen and oxygen atoms in total. The molecule has 3 N–H and O–H groups in total. The molecule has 0 radical (unpaired) electrons. The lowest BCUT2D eigenvalue weighted by Crippen LogP contribution is -2.13. The maximum atomic E-state index is 10.6. The fourth-order valence-corrected chi connectivity index (χ4v) is 0.994. The molecule has 0 fully saturated rings. The molecule has 0 atom stereocenters. The highest BCUT2D eigenvalue weighted by molar-refractivity contribution is 5.59. The summed E-state index contributed by atoms with van der Waals surface area (Å²) in [6.07, 6.45) is 0. The highest BCUT2D eigenvalue weighted by Crippen LogP contribution is 2.23. The Morgan fingerprint density at radius 2 is 2.21 bits per heavy atom. The minimum atomic E-state index is -0.489. The molecule has 0 aromatic carbocycles. The molecule has 0 unspecified atom stereocenters. The van der Waals surface area contributed by atoms with Crippen molar-refractivity contribution in [3.05, 3.63) is 22.2 Å². The fraction of sp³-hybridized carbons (Fsp3) is 0.375. The molecule has 0 aliphatic carbocycles. The second-order valence-electron chi connectivity index (χ2n) is 3.16. The summed E-state index contributed by atoms with van der Waals surface area (Å²) in [7, 11) is 0. The van der Waals surface area contributed by atoms with Gasteiger partial charge in [0.05, 0.1) is 4.92 Å². The Morgan fingerprint density at radius 1 is 1.57 bits per heavy atom. The highest BCUT2D eigenvalue weighted by atomic mass is 16.6. The number of aromatic nitrogens is 1. The van der Waals surface area contributed by atoms with Crippen molar-refractivity contribution in [1.29, 1.82) is 0 Å². The van der Waals surface area contributed by atoms with Crippen molar-refractivity contribution in [1.82, 2.24) is 4.98 Å². The summed E-state index contributed by atoms with van der Waals surface area (Å²) in [4.78, 5) is 14.0. The number of hydrogen-bond acceptors (Lipinski definition) is 5. The lowest BCUT2D eigenvalue weighted by Gasteiger charge is -2.09. The number of hydrogen-bond donors (Lipinski definition) is 2. The van der Waals surface area contributed by atoms with Gasteiger partial charge in [-0.05, 0) is 19.9 Å². The van der Waals surface area contributed by atoms with Gasteiger partial charge in [-0.25, -0.2) is 4.98 Å². The minimum absolute atomic E-state index is 0.0621. The minimum Gasteiger partial charge on any atom is -0.384 e. The number of rotatable bonds is 3. The molecule has 0 spiro atoms. The lowest BCUT2D eigenvalue weighted by atomic mass is 10.3. The van der Waals surface area contributed by atoms with Gasteiger partial charge in [0.15, 0.2) is 0 Å². The molecule has 1 heterocycles. The fourth-order valence-electron chi connectivity index (χ4n) is 0.994. The molecule has 0 bridgehead atoms. The van der Waals surface area contributed by atoms with Crippen LogP contribution in [0.25, 0.3) is 0 Å². The van der Waals surface area contributed by atoms with E-state index in [0.717, 1.165) is 0 Å². The summed E-state index contributed by atoms with van der Waals surface area (Å²) >= 11 is 0. The molecule has 76 valence electrons. The Kier molecular flexibility index (Phi) is 2.85. The van der Waals surface area contributed by atoms with Crippen molar-refractivity contribution in [2.75, 3.05) is 11.1 Å². The second kappa shape index (κ2) is 3.91. The van der Waals surface area contributed by atoms with Gasteiger partial charge >= 0.3 is 5.69 Å². The average molecular weight is 196 g/mol. The molecule has 0 aliphatic rings. The van der Waals surface area contributed by atoms with Crippen molar-refractivity contribution in [2.45, 2.75) is 19.9 Å². The number of nitrogens with zero attached hydrogens (tertiary/aromatic N) is 2. The van der Waals surface area contributed by atoms with Crippen LogP contribution in [0.4, 0.5) is 17.3 Å². The number of nitrogens with two attached hydrogens (primary N) is 1. The van der Waals surface area contributed by atoms with Crippen molar-refractivity contribution < 1.29 is 4.92 Å². The number of pyridine rings is 1. The first-order valence-corrected chi connectivity index (χ1v) is 4.18. The molecule has 1 aromatic heterocycles. The van der Waals surface area contributed by atoms with Crippen LogP contribution in [-0.4, -0.2) is 15.9 Å². The van der Waals surface area contributed by atoms with Crippen molar-refractivity contribution in [2.24, 2.45) is 0 Å². The molecular weight excluding hydrogens is 184 g/mol. The Balaban J connectivity index is 3.09. The predicted octanol–water partition coefficient (Wildman–Crippen LogP) is 1.39. The van der Waals surface area contributed by atoms with Crippen molar-refractivity contribution in [3.63, 3.8) is 0 Å². The molecule has 1 aromatic rings.